The topological polar surface area (TPSA) is 83.6 Å². The molecule has 0 radical (unpaired) electrons. The van der Waals surface area contributed by atoms with E-state index in [1.165, 1.54) is 4.90 Å². The molecule has 2 heterocycles. The average Bonchev–Trinajstić information content (AvgIpc) is 3.32. The van der Waals surface area contributed by atoms with Crippen molar-refractivity contribution in [1.82, 2.24) is 5.16 Å². The van der Waals surface area contributed by atoms with E-state index in [0.717, 1.165) is 0 Å². The zero-order valence-electron chi connectivity index (χ0n) is 17.6. The van der Waals surface area contributed by atoms with E-state index in [1.807, 2.05) is 20.8 Å². The van der Waals surface area contributed by atoms with Gasteiger partial charge in [-0.3, -0.25) is 14.5 Å². The van der Waals surface area contributed by atoms with E-state index in [-0.39, 0.29) is 33.2 Å². The molecule has 4 rings (SSSR count). The summed E-state index contributed by atoms with van der Waals surface area (Å²) in [5.41, 5.74) is 0.376. The maximum atomic E-state index is 13.1. The van der Waals surface area contributed by atoms with Crippen LogP contribution >= 0.6 is 23.2 Å². The highest BCUT2D eigenvalue weighted by Crippen LogP contribution is 2.43. The van der Waals surface area contributed by atoms with Gasteiger partial charge >= 0.3 is 5.91 Å². The lowest BCUT2D eigenvalue weighted by molar-refractivity contribution is -0.132. The number of ketones is 1. The van der Waals surface area contributed by atoms with Gasteiger partial charge in [-0.25, -0.2) is 0 Å². The SMILES string of the molecule is CC(C)(C)c1cc(N2C(=O)C(=O)C(=C(O)c3ccccc3Cl)C2c2ccc(Cl)cc2)no1. The van der Waals surface area contributed by atoms with Gasteiger partial charge in [-0.2, -0.15) is 0 Å². The second-order valence-corrected chi connectivity index (χ2v) is 9.34. The third-order valence-electron chi connectivity index (χ3n) is 5.24. The first-order valence-corrected chi connectivity index (χ1v) is 10.6. The van der Waals surface area contributed by atoms with Gasteiger partial charge in [-0.1, -0.05) is 73.4 Å². The number of benzene rings is 2. The number of hydrogen-bond acceptors (Lipinski definition) is 5. The number of aliphatic hydroxyl groups excluding tert-OH is 1. The summed E-state index contributed by atoms with van der Waals surface area (Å²) in [7, 11) is 0. The number of hydrogen-bond donors (Lipinski definition) is 1. The quantitative estimate of drug-likeness (QED) is 0.292. The van der Waals surface area contributed by atoms with Crippen molar-refractivity contribution in [2.75, 3.05) is 4.90 Å². The lowest BCUT2D eigenvalue weighted by Gasteiger charge is -2.23. The van der Waals surface area contributed by atoms with Crippen molar-refractivity contribution >= 4 is 46.5 Å². The molecule has 1 N–H and O–H groups in total. The van der Waals surface area contributed by atoms with Crippen LogP contribution in [0.1, 0.15) is 43.7 Å². The molecular weight excluding hydrogens is 451 g/mol. The van der Waals surface area contributed by atoms with Gasteiger partial charge in [-0.15, -0.1) is 0 Å². The Balaban J connectivity index is 1.94. The fourth-order valence-electron chi connectivity index (χ4n) is 3.56. The molecule has 0 saturated carbocycles. The second kappa shape index (κ2) is 8.11. The van der Waals surface area contributed by atoms with Gasteiger partial charge in [0.15, 0.2) is 5.82 Å². The summed E-state index contributed by atoms with van der Waals surface area (Å²) >= 11 is 12.3. The first-order valence-electron chi connectivity index (χ1n) is 9.88. The van der Waals surface area contributed by atoms with Crippen molar-refractivity contribution in [2.45, 2.75) is 32.2 Å². The third kappa shape index (κ3) is 3.80. The molecule has 1 aromatic heterocycles. The summed E-state index contributed by atoms with van der Waals surface area (Å²) in [5.74, 6) is -1.31. The van der Waals surface area contributed by atoms with Crippen LogP contribution in [-0.2, 0) is 15.0 Å². The van der Waals surface area contributed by atoms with E-state index >= 15 is 0 Å². The number of anilines is 1. The Morgan fingerprint density at radius 1 is 1.06 bits per heavy atom. The number of aliphatic hydroxyl groups is 1. The van der Waals surface area contributed by atoms with Crippen LogP contribution in [-0.4, -0.2) is 22.0 Å². The molecule has 1 aliphatic heterocycles. The van der Waals surface area contributed by atoms with Crippen LogP contribution in [0.5, 0.6) is 0 Å². The molecule has 2 aromatic carbocycles. The van der Waals surface area contributed by atoms with Crippen LogP contribution in [0.25, 0.3) is 5.76 Å². The summed E-state index contributed by atoms with van der Waals surface area (Å²) in [6.07, 6.45) is 0. The highest BCUT2D eigenvalue weighted by Gasteiger charge is 2.48. The Kier molecular flexibility index (Phi) is 5.61. The standard InChI is InChI=1S/C24H20Cl2N2O4/c1-24(2,3)17-12-18(27-32-17)28-20(13-8-10-14(25)11-9-13)19(22(30)23(28)31)21(29)15-6-4-5-7-16(15)26/h4-12,20,29H,1-3H3. The first-order chi connectivity index (χ1) is 15.1. The predicted octanol–water partition coefficient (Wildman–Crippen LogP) is 5.91. The number of aromatic nitrogens is 1. The number of carbonyl (C=O) groups is 2. The Labute approximate surface area is 195 Å². The lowest BCUT2D eigenvalue weighted by Crippen LogP contribution is -2.29. The Morgan fingerprint density at radius 3 is 2.31 bits per heavy atom. The maximum Gasteiger partial charge on any atom is 0.301 e. The molecule has 1 unspecified atom stereocenters. The van der Waals surface area contributed by atoms with Crippen LogP contribution in [0, 0.1) is 0 Å². The molecular formula is C24H20Cl2N2O4. The van der Waals surface area contributed by atoms with Gasteiger partial charge < -0.3 is 9.63 Å². The van der Waals surface area contributed by atoms with Gasteiger partial charge in [0.25, 0.3) is 5.78 Å². The van der Waals surface area contributed by atoms with Crippen molar-refractivity contribution in [1.29, 1.82) is 0 Å². The predicted molar refractivity (Wildman–Crippen MR) is 123 cm³/mol. The molecule has 8 heteroatoms. The van der Waals surface area contributed by atoms with Crippen molar-refractivity contribution in [3.63, 3.8) is 0 Å². The highest BCUT2D eigenvalue weighted by molar-refractivity contribution is 6.51. The normalized spacial score (nSPS) is 18.4. The van der Waals surface area contributed by atoms with Crippen molar-refractivity contribution in [2.24, 2.45) is 0 Å². The molecule has 164 valence electrons. The van der Waals surface area contributed by atoms with E-state index in [4.69, 9.17) is 27.7 Å². The van der Waals surface area contributed by atoms with Crippen LogP contribution in [0.4, 0.5) is 5.82 Å². The lowest BCUT2D eigenvalue weighted by atomic mass is 9.93. The van der Waals surface area contributed by atoms with Crippen LogP contribution < -0.4 is 4.90 Å². The molecule has 1 saturated heterocycles. The number of halogens is 2. The number of Topliss-reactive ketones (excluding diaryl/α,β-unsaturated/α-hetero) is 1. The summed E-state index contributed by atoms with van der Waals surface area (Å²) < 4.78 is 5.45. The average molecular weight is 471 g/mol. The molecule has 0 spiro atoms. The monoisotopic (exact) mass is 470 g/mol. The van der Waals surface area contributed by atoms with E-state index in [1.54, 1.807) is 54.6 Å². The summed E-state index contributed by atoms with van der Waals surface area (Å²) in [4.78, 5) is 27.5. The Bertz CT molecular complexity index is 1240. The van der Waals surface area contributed by atoms with E-state index in [2.05, 4.69) is 5.16 Å². The molecule has 1 atom stereocenters. The fraction of sp³-hybridized carbons (Fsp3) is 0.208. The molecule has 0 bridgehead atoms. The van der Waals surface area contributed by atoms with E-state index in [9.17, 15) is 14.7 Å². The Hall–Kier alpha value is -3.09. The summed E-state index contributed by atoms with van der Waals surface area (Å²) in [6.45, 7) is 5.83. The molecule has 6 nitrogen and oxygen atoms in total. The van der Waals surface area contributed by atoms with Gasteiger partial charge in [0, 0.05) is 22.1 Å². The molecule has 1 amide bonds. The molecule has 0 aliphatic carbocycles. The minimum Gasteiger partial charge on any atom is -0.507 e. The van der Waals surface area contributed by atoms with Gasteiger partial charge in [0.05, 0.1) is 16.6 Å². The van der Waals surface area contributed by atoms with Gasteiger partial charge in [-0.05, 0) is 29.8 Å². The first kappa shape index (κ1) is 22.1. The van der Waals surface area contributed by atoms with Crippen molar-refractivity contribution in [3.05, 3.63) is 87.1 Å². The number of amides is 1. The van der Waals surface area contributed by atoms with Gasteiger partial charge in [0.2, 0.25) is 0 Å². The number of nitrogens with zero attached hydrogens (tertiary/aromatic N) is 2. The minimum atomic E-state index is -0.943. The van der Waals surface area contributed by atoms with E-state index in [0.29, 0.717) is 16.3 Å². The zero-order chi connectivity index (χ0) is 23.2. The highest BCUT2D eigenvalue weighted by atomic mass is 35.5. The van der Waals surface area contributed by atoms with Crippen LogP contribution in [0.3, 0.4) is 0 Å². The molecule has 3 aromatic rings. The largest absolute Gasteiger partial charge is 0.507 e. The zero-order valence-corrected chi connectivity index (χ0v) is 19.1. The Morgan fingerprint density at radius 2 is 1.72 bits per heavy atom. The number of rotatable bonds is 3. The van der Waals surface area contributed by atoms with Crippen LogP contribution in [0.2, 0.25) is 10.0 Å². The fourth-order valence-corrected chi connectivity index (χ4v) is 3.91. The van der Waals surface area contributed by atoms with Crippen molar-refractivity contribution < 1.29 is 19.2 Å². The number of carbonyl (C=O) groups excluding carboxylic acids is 2. The molecule has 1 fully saturated rings. The van der Waals surface area contributed by atoms with E-state index < -0.39 is 17.7 Å². The summed E-state index contributed by atoms with van der Waals surface area (Å²) in [6, 6.07) is 13.9. The summed E-state index contributed by atoms with van der Waals surface area (Å²) in [5, 5.41) is 15.9. The second-order valence-electron chi connectivity index (χ2n) is 8.50. The molecule has 32 heavy (non-hydrogen) atoms. The van der Waals surface area contributed by atoms with Crippen molar-refractivity contribution in [3.8, 4) is 0 Å². The third-order valence-corrected chi connectivity index (χ3v) is 5.82. The maximum absolute atomic E-state index is 13.1. The minimum absolute atomic E-state index is 0.0919. The van der Waals surface area contributed by atoms with Crippen LogP contribution in [0.15, 0.2) is 64.7 Å². The molecule has 1 aliphatic rings. The van der Waals surface area contributed by atoms with Gasteiger partial charge in [0.1, 0.15) is 11.5 Å². The smallest absolute Gasteiger partial charge is 0.301 e.